The molecule has 156 valence electrons. The number of allylic oxidation sites excluding steroid dienone is 2. The van der Waals surface area contributed by atoms with Gasteiger partial charge in [0.15, 0.2) is 0 Å². The van der Waals surface area contributed by atoms with Gasteiger partial charge < -0.3 is 15.2 Å². The first-order chi connectivity index (χ1) is 14.3. The van der Waals surface area contributed by atoms with Crippen LogP contribution in [-0.4, -0.2) is 30.1 Å². The zero-order chi connectivity index (χ0) is 21.6. The molecule has 1 aromatic heterocycles. The van der Waals surface area contributed by atoms with Crippen LogP contribution in [-0.2, 0) is 14.3 Å². The number of amides is 1. The Morgan fingerprint density at radius 3 is 2.37 bits per heavy atom. The molecule has 30 heavy (non-hydrogen) atoms. The van der Waals surface area contributed by atoms with Gasteiger partial charge in [0.05, 0.1) is 18.9 Å². The number of fused-ring (bicyclic) bond motifs is 2. The van der Waals surface area contributed by atoms with E-state index in [2.05, 4.69) is 5.32 Å². The summed E-state index contributed by atoms with van der Waals surface area (Å²) in [5, 5.41) is 12.7. The van der Waals surface area contributed by atoms with E-state index >= 15 is 0 Å². The minimum absolute atomic E-state index is 0.129. The maximum absolute atomic E-state index is 13.4. The average Bonchev–Trinajstić information content (AvgIpc) is 3.41. The van der Waals surface area contributed by atoms with Crippen LogP contribution >= 0.6 is 11.3 Å². The van der Waals surface area contributed by atoms with Gasteiger partial charge in [0.25, 0.3) is 0 Å². The summed E-state index contributed by atoms with van der Waals surface area (Å²) in [6, 6.07) is 5.71. The number of hydrogen-bond acceptors (Lipinski definition) is 5. The maximum Gasteiger partial charge on any atom is 0.341 e. The van der Waals surface area contributed by atoms with Crippen molar-refractivity contribution in [3.05, 3.63) is 52.7 Å². The van der Waals surface area contributed by atoms with E-state index in [4.69, 9.17) is 4.74 Å². The molecule has 2 aromatic rings. The van der Waals surface area contributed by atoms with Crippen molar-refractivity contribution >= 4 is 34.2 Å². The molecular weight excluding hydrogens is 409 g/mol. The maximum atomic E-state index is 13.4. The third-order valence-electron chi connectivity index (χ3n) is 5.89. The molecule has 0 aliphatic heterocycles. The molecule has 4 rings (SSSR count). The summed E-state index contributed by atoms with van der Waals surface area (Å²) in [5.74, 6) is -4.19. The van der Waals surface area contributed by atoms with E-state index in [9.17, 15) is 23.9 Å². The number of nitrogens with one attached hydrogen (secondary N) is 1. The van der Waals surface area contributed by atoms with Crippen LogP contribution in [0, 0.1) is 36.4 Å². The van der Waals surface area contributed by atoms with Crippen molar-refractivity contribution < 1.29 is 28.6 Å². The number of halogens is 1. The number of rotatable bonds is 5. The van der Waals surface area contributed by atoms with E-state index in [1.54, 1.807) is 19.1 Å². The molecule has 0 saturated heterocycles. The molecule has 2 N–H and O–H groups in total. The standard InChI is InChI=1S/C22H20FNO5S/c1-10-15(11-5-7-14(23)8-6-11)18(22(28)29-2)20(30-10)24-19(25)16-12-3-4-13(9-12)17(16)21(26)27/h3-8,12-13,16-17H,9H2,1-2H3,(H,24,25)(H,26,27)/t12-,13+,16-,17+/m1/s1. The Morgan fingerprint density at radius 2 is 1.77 bits per heavy atom. The Balaban J connectivity index is 1.71. The highest BCUT2D eigenvalue weighted by Crippen LogP contribution is 2.49. The van der Waals surface area contributed by atoms with Crippen molar-refractivity contribution in [2.75, 3.05) is 12.4 Å². The summed E-state index contributed by atoms with van der Waals surface area (Å²) in [5.41, 5.74) is 1.37. The van der Waals surface area contributed by atoms with Gasteiger partial charge in [-0.2, -0.15) is 0 Å². The number of carbonyl (C=O) groups excluding carboxylic acids is 2. The number of ether oxygens (including phenoxy) is 1. The minimum atomic E-state index is -0.991. The van der Waals surface area contributed by atoms with Gasteiger partial charge in [-0.25, -0.2) is 9.18 Å². The summed E-state index contributed by atoms with van der Waals surface area (Å²) >= 11 is 1.21. The van der Waals surface area contributed by atoms with Crippen LogP contribution in [0.1, 0.15) is 21.7 Å². The molecular formula is C22H20FNO5S. The van der Waals surface area contributed by atoms with Crippen LogP contribution in [0.2, 0.25) is 0 Å². The zero-order valence-electron chi connectivity index (χ0n) is 16.3. The van der Waals surface area contributed by atoms with E-state index in [1.807, 2.05) is 12.2 Å². The Labute approximate surface area is 176 Å². The average molecular weight is 429 g/mol. The molecule has 1 fully saturated rings. The van der Waals surface area contributed by atoms with Gasteiger partial charge in [0.1, 0.15) is 16.4 Å². The fourth-order valence-electron chi connectivity index (χ4n) is 4.61. The molecule has 0 radical (unpaired) electrons. The Bertz CT molecular complexity index is 1060. The van der Waals surface area contributed by atoms with Crippen molar-refractivity contribution in [1.29, 1.82) is 0 Å². The van der Waals surface area contributed by atoms with Gasteiger partial charge in [-0.05, 0) is 42.9 Å². The Morgan fingerprint density at radius 1 is 1.13 bits per heavy atom. The van der Waals surface area contributed by atoms with E-state index < -0.39 is 35.5 Å². The van der Waals surface area contributed by atoms with E-state index in [-0.39, 0.29) is 17.4 Å². The van der Waals surface area contributed by atoms with E-state index in [1.165, 1.54) is 30.6 Å². The smallest absolute Gasteiger partial charge is 0.341 e. The van der Waals surface area contributed by atoms with E-state index in [0.717, 1.165) is 4.88 Å². The molecule has 2 aliphatic carbocycles. The van der Waals surface area contributed by atoms with Gasteiger partial charge in [-0.3, -0.25) is 9.59 Å². The SMILES string of the molecule is COC(=O)c1c(NC(=O)[C@H]2[C@@H](C(=O)O)[C@H]3C=C[C@@H]2C3)sc(C)c1-c1ccc(F)cc1. The second-order valence-electron chi connectivity index (χ2n) is 7.56. The number of aryl methyl sites for hydroxylation is 1. The Hall–Kier alpha value is -3.00. The number of carboxylic acids is 1. The number of carboxylic acid groups (broad SMARTS) is 1. The lowest BCUT2D eigenvalue weighted by molar-refractivity contribution is -0.146. The lowest BCUT2D eigenvalue weighted by Gasteiger charge is -2.23. The molecule has 0 unspecified atom stereocenters. The number of aliphatic carboxylic acids is 1. The van der Waals surface area contributed by atoms with Crippen LogP contribution in [0.3, 0.4) is 0 Å². The van der Waals surface area contributed by atoms with Gasteiger partial charge in [0.2, 0.25) is 5.91 Å². The van der Waals surface area contributed by atoms with Crippen LogP contribution in [0.5, 0.6) is 0 Å². The van der Waals surface area contributed by atoms with Crippen molar-refractivity contribution in [2.45, 2.75) is 13.3 Å². The molecule has 0 spiro atoms. The highest BCUT2D eigenvalue weighted by Gasteiger charge is 2.51. The van der Waals surface area contributed by atoms with Crippen LogP contribution in [0.4, 0.5) is 9.39 Å². The van der Waals surface area contributed by atoms with Crippen molar-refractivity contribution in [2.24, 2.45) is 23.7 Å². The zero-order valence-corrected chi connectivity index (χ0v) is 17.2. The fourth-order valence-corrected chi connectivity index (χ4v) is 5.67. The van der Waals surface area contributed by atoms with E-state index in [0.29, 0.717) is 22.5 Å². The number of hydrogen-bond donors (Lipinski definition) is 2. The molecule has 1 heterocycles. The molecule has 1 aromatic carbocycles. The topological polar surface area (TPSA) is 92.7 Å². The third kappa shape index (κ3) is 3.31. The summed E-state index contributed by atoms with van der Waals surface area (Å²) in [6.45, 7) is 1.80. The van der Waals surface area contributed by atoms with Crippen LogP contribution in [0.25, 0.3) is 11.1 Å². The van der Waals surface area contributed by atoms with Crippen LogP contribution in [0.15, 0.2) is 36.4 Å². The first-order valence-electron chi connectivity index (χ1n) is 9.51. The minimum Gasteiger partial charge on any atom is -0.481 e. The molecule has 1 saturated carbocycles. The normalized spacial score (nSPS) is 24.1. The largest absolute Gasteiger partial charge is 0.481 e. The lowest BCUT2D eigenvalue weighted by Crippen LogP contribution is -2.36. The lowest BCUT2D eigenvalue weighted by atomic mass is 9.82. The first kappa shape index (κ1) is 20.3. The summed E-state index contributed by atoms with van der Waals surface area (Å²) < 4.78 is 18.3. The quantitative estimate of drug-likeness (QED) is 0.551. The number of anilines is 1. The highest BCUT2D eigenvalue weighted by atomic mass is 32.1. The van der Waals surface area contributed by atoms with Crippen molar-refractivity contribution in [3.63, 3.8) is 0 Å². The van der Waals surface area contributed by atoms with Gasteiger partial charge in [-0.1, -0.05) is 24.3 Å². The number of carbonyl (C=O) groups is 3. The Kier molecular flexibility index (Phi) is 5.19. The number of methoxy groups -OCH3 is 1. The predicted molar refractivity (Wildman–Crippen MR) is 110 cm³/mol. The van der Waals surface area contributed by atoms with Crippen LogP contribution < -0.4 is 5.32 Å². The molecule has 4 atom stereocenters. The summed E-state index contributed by atoms with van der Waals surface area (Å²) in [6.07, 6.45) is 4.41. The second kappa shape index (κ2) is 7.68. The number of esters is 1. The number of thiophene rings is 1. The fraction of sp³-hybridized carbons (Fsp3) is 0.318. The van der Waals surface area contributed by atoms with Crippen molar-refractivity contribution in [3.8, 4) is 11.1 Å². The molecule has 2 aliphatic rings. The summed E-state index contributed by atoms with van der Waals surface area (Å²) in [4.78, 5) is 38.1. The molecule has 1 amide bonds. The monoisotopic (exact) mass is 429 g/mol. The van der Waals surface area contributed by atoms with Crippen molar-refractivity contribution in [1.82, 2.24) is 0 Å². The molecule has 2 bridgehead atoms. The summed E-state index contributed by atoms with van der Waals surface area (Å²) in [7, 11) is 1.25. The molecule has 8 heteroatoms. The first-order valence-corrected chi connectivity index (χ1v) is 10.3. The highest BCUT2D eigenvalue weighted by molar-refractivity contribution is 7.17. The molecule has 6 nitrogen and oxygen atoms in total. The van der Waals surface area contributed by atoms with Gasteiger partial charge in [-0.15, -0.1) is 11.3 Å². The van der Waals surface area contributed by atoms with Gasteiger partial charge >= 0.3 is 11.9 Å². The predicted octanol–water partition coefficient (Wildman–Crippen LogP) is 4.11. The number of benzene rings is 1. The third-order valence-corrected chi connectivity index (χ3v) is 6.91. The van der Waals surface area contributed by atoms with Gasteiger partial charge in [0, 0.05) is 10.4 Å². The second-order valence-corrected chi connectivity index (χ2v) is 8.79.